The Hall–Kier alpha value is -3.57. The summed E-state index contributed by atoms with van der Waals surface area (Å²) in [5, 5.41) is 4.51. The maximum atomic E-state index is 13.9. The Labute approximate surface area is 195 Å². The molecule has 0 saturated carbocycles. The minimum Gasteiger partial charge on any atom is -0.388 e. The van der Waals surface area contributed by atoms with Crippen LogP contribution in [0.2, 0.25) is 0 Å². The topological polar surface area (TPSA) is 60.2 Å². The van der Waals surface area contributed by atoms with Crippen LogP contribution in [0.4, 0.5) is 26.3 Å². The van der Waals surface area contributed by atoms with E-state index < -0.39 is 41.6 Å². The van der Waals surface area contributed by atoms with Crippen LogP contribution in [0.25, 0.3) is 11.3 Å². The van der Waals surface area contributed by atoms with Crippen molar-refractivity contribution >= 4 is 5.91 Å². The number of amides is 1. The Morgan fingerprint density at radius 1 is 1.11 bits per heavy atom. The first kappa shape index (κ1) is 23.2. The zero-order chi connectivity index (χ0) is 25.1. The SMILES string of the molecule is Cn1nc2c(c1-c1cc(F)c(F)c(F)c1)C[C@@H]1CCC[C@H]2N1C(=O)c1cccc(OC(F)(F)F)n1. The molecule has 4 heterocycles. The molecule has 2 aromatic heterocycles. The number of rotatable bonds is 3. The molecule has 0 spiro atoms. The number of hydrogen-bond donors (Lipinski definition) is 0. The van der Waals surface area contributed by atoms with Crippen molar-refractivity contribution in [2.24, 2.45) is 7.05 Å². The molecule has 184 valence electrons. The molecule has 0 unspecified atom stereocenters. The van der Waals surface area contributed by atoms with Gasteiger partial charge in [-0.05, 0) is 43.9 Å². The molecule has 2 atom stereocenters. The molecular weight excluding hydrogens is 478 g/mol. The lowest BCUT2D eigenvalue weighted by molar-refractivity contribution is -0.276. The highest BCUT2D eigenvalue weighted by Gasteiger charge is 2.44. The molecule has 1 amide bonds. The summed E-state index contributed by atoms with van der Waals surface area (Å²) in [6, 6.07) is 4.53. The Morgan fingerprint density at radius 2 is 1.83 bits per heavy atom. The van der Waals surface area contributed by atoms with Crippen LogP contribution in [0.3, 0.4) is 0 Å². The van der Waals surface area contributed by atoms with E-state index in [0.29, 0.717) is 36.2 Å². The number of carbonyl (C=O) groups excluding carboxylic acids is 1. The summed E-state index contributed by atoms with van der Waals surface area (Å²) < 4.78 is 84.4. The first-order valence-corrected chi connectivity index (χ1v) is 10.8. The first-order valence-electron chi connectivity index (χ1n) is 10.8. The molecule has 1 fully saturated rings. The monoisotopic (exact) mass is 496 g/mol. The minimum atomic E-state index is -4.95. The number of fused-ring (bicyclic) bond motifs is 4. The van der Waals surface area contributed by atoms with Gasteiger partial charge in [-0.3, -0.25) is 9.48 Å². The van der Waals surface area contributed by atoms with Crippen molar-refractivity contribution in [3.8, 4) is 17.1 Å². The second-order valence-corrected chi connectivity index (χ2v) is 8.52. The van der Waals surface area contributed by atoms with Crippen LogP contribution in [0.1, 0.15) is 47.1 Å². The van der Waals surface area contributed by atoms with Gasteiger partial charge >= 0.3 is 6.36 Å². The molecule has 2 aliphatic heterocycles. The van der Waals surface area contributed by atoms with Crippen LogP contribution < -0.4 is 4.74 Å². The predicted octanol–water partition coefficient (Wildman–Crippen LogP) is 5.09. The summed E-state index contributed by atoms with van der Waals surface area (Å²) >= 11 is 0. The lowest BCUT2D eigenvalue weighted by atomic mass is 9.81. The van der Waals surface area contributed by atoms with E-state index in [0.717, 1.165) is 24.6 Å². The van der Waals surface area contributed by atoms with Crippen LogP contribution in [0.15, 0.2) is 30.3 Å². The summed E-state index contributed by atoms with van der Waals surface area (Å²) in [7, 11) is 1.59. The Morgan fingerprint density at radius 3 is 2.51 bits per heavy atom. The van der Waals surface area contributed by atoms with E-state index in [1.54, 1.807) is 11.9 Å². The molecule has 2 bridgehead atoms. The fourth-order valence-corrected chi connectivity index (χ4v) is 5.04. The molecule has 1 saturated heterocycles. The number of halogens is 6. The van der Waals surface area contributed by atoms with E-state index in [-0.39, 0.29) is 17.3 Å². The van der Waals surface area contributed by atoms with Crippen molar-refractivity contribution < 1.29 is 35.9 Å². The van der Waals surface area contributed by atoms with Gasteiger partial charge in [0.1, 0.15) is 5.69 Å². The number of nitrogens with zero attached hydrogens (tertiary/aromatic N) is 4. The van der Waals surface area contributed by atoms with Gasteiger partial charge < -0.3 is 9.64 Å². The summed E-state index contributed by atoms with van der Waals surface area (Å²) in [4.78, 5) is 18.7. The maximum absolute atomic E-state index is 13.9. The third-order valence-electron chi connectivity index (χ3n) is 6.33. The molecule has 5 rings (SSSR count). The second kappa shape index (κ2) is 8.28. The molecule has 35 heavy (non-hydrogen) atoms. The second-order valence-electron chi connectivity index (χ2n) is 8.52. The summed E-state index contributed by atoms with van der Waals surface area (Å²) in [5.74, 6) is -5.53. The average Bonchev–Trinajstić information content (AvgIpc) is 3.11. The lowest BCUT2D eigenvalue weighted by Gasteiger charge is -2.45. The van der Waals surface area contributed by atoms with Crippen molar-refractivity contribution in [3.63, 3.8) is 0 Å². The third kappa shape index (κ3) is 4.10. The molecule has 2 aliphatic rings. The van der Waals surface area contributed by atoms with E-state index in [4.69, 9.17) is 0 Å². The van der Waals surface area contributed by atoms with Gasteiger partial charge in [-0.2, -0.15) is 5.10 Å². The molecule has 0 aliphatic carbocycles. The number of aromatic nitrogens is 3. The van der Waals surface area contributed by atoms with Gasteiger partial charge in [0.2, 0.25) is 5.88 Å². The number of benzene rings is 1. The fourth-order valence-electron chi connectivity index (χ4n) is 5.04. The molecule has 6 nitrogen and oxygen atoms in total. The van der Waals surface area contributed by atoms with Crippen molar-refractivity contribution in [3.05, 3.63) is 64.7 Å². The Bertz CT molecular complexity index is 1300. The lowest BCUT2D eigenvalue weighted by Crippen LogP contribution is -2.50. The highest BCUT2D eigenvalue weighted by atomic mass is 19.4. The van der Waals surface area contributed by atoms with Crippen molar-refractivity contribution in [2.45, 2.75) is 44.1 Å². The van der Waals surface area contributed by atoms with Crippen molar-refractivity contribution in [1.82, 2.24) is 19.7 Å². The first-order chi connectivity index (χ1) is 16.5. The third-order valence-corrected chi connectivity index (χ3v) is 6.33. The number of carbonyl (C=O) groups is 1. The van der Waals surface area contributed by atoms with Crippen LogP contribution in [0.5, 0.6) is 5.88 Å². The van der Waals surface area contributed by atoms with E-state index in [1.807, 2.05) is 0 Å². The summed E-state index contributed by atoms with van der Waals surface area (Å²) in [6.07, 6.45) is -2.71. The highest BCUT2D eigenvalue weighted by molar-refractivity contribution is 5.93. The molecular formula is C23H18F6N4O2. The molecule has 0 N–H and O–H groups in total. The van der Waals surface area contributed by atoms with E-state index in [9.17, 15) is 31.1 Å². The zero-order valence-corrected chi connectivity index (χ0v) is 18.2. The largest absolute Gasteiger partial charge is 0.574 e. The smallest absolute Gasteiger partial charge is 0.388 e. The Kier molecular flexibility index (Phi) is 5.48. The number of piperidine rings is 1. The molecule has 3 aromatic rings. The highest BCUT2D eigenvalue weighted by Crippen LogP contribution is 2.45. The number of hydrogen-bond acceptors (Lipinski definition) is 4. The van der Waals surface area contributed by atoms with Crippen LogP contribution in [-0.2, 0) is 13.5 Å². The van der Waals surface area contributed by atoms with Gasteiger partial charge in [-0.1, -0.05) is 6.07 Å². The number of pyridine rings is 1. The van der Waals surface area contributed by atoms with E-state index in [1.165, 1.54) is 16.8 Å². The molecule has 0 radical (unpaired) electrons. The maximum Gasteiger partial charge on any atom is 0.574 e. The van der Waals surface area contributed by atoms with Crippen LogP contribution in [-0.4, -0.2) is 38.0 Å². The van der Waals surface area contributed by atoms with Gasteiger partial charge in [-0.25, -0.2) is 18.2 Å². The van der Waals surface area contributed by atoms with Gasteiger partial charge in [0, 0.05) is 30.3 Å². The van der Waals surface area contributed by atoms with Gasteiger partial charge in [0.25, 0.3) is 5.91 Å². The predicted molar refractivity (Wildman–Crippen MR) is 110 cm³/mol. The number of aryl methyl sites for hydroxylation is 1. The quantitative estimate of drug-likeness (QED) is 0.375. The molecule has 12 heteroatoms. The minimum absolute atomic E-state index is 0.120. The normalized spacial score (nSPS) is 19.5. The van der Waals surface area contributed by atoms with Crippen molar-refractivity contribution in [2.75, 3.05) is 0 Å². The standard InChI is InChI=1S/C23H18F6N4O2/c1-32-21(11-8-14(24)19(26)15(25)9-11)13-10-12-4-2-6-17(20(13)31-32)33(12)22(34)16-5-3-7-18(30-16)35-23(27,28)29/h3,5,7-9,12,17H,2,4,6,10H2,1H3/t12-,17+/m0/s1. The van der Waals surface area contributed by atoms with Gasteiger partial charge in [0.05, 0.1) is 17.4 Å². The van der Waals surface area contributed by atoms with E-state index in [2.05, 4.69) is 14.8 Å². The average molecular weight is 496 g/mol. The Balaban J connectivity index is 1.53. The number of alkyl halides is 3. The van der Waals surface area contributed by atoms with Crippen molar-refractivity contribution in [1.29, 1.82) is 0 Å². The van der Waals surface area contributed by atoms with E-state index >= 15 is 0 Å². The van der Waals surface area contributed by atoms with Crippen LogP contribution in [0, 0.1) is 17.5 Å². The van der Waals surface area contributed by atoms with Gasteiger partial charge in [0.15, 0.2) is 17.5 Å². The zero-order valence-electron chi connectivity index (χ0n) is 18.2. The fraction of sp³-hybridized carbons (Fsp3) is 0.348. The summed E-state index contributed by atoms with van der Waals surface area (Å²) in [5.41, 5.74) is 1.55. The molecule has 1 aromatic carbocycles. The van der Waals surface area contributed by atoms with Gasteiger partial charge in [-0.15, -0.1) is 13.2 Å². The number of ether oxygens (including phenoxy) is 1. The van der Waals surface area contributed by atoms with Crippen LogP contribution >= 0.6 is 0 Å². The summed E-state index contributed by atoms with van der Waals surface area (Å²) in [6.45, 7) is 0.